The monoisotopic (exact) mass is 283 g/mol. The molecular weight excluding hydrogens is 266 g/mol. The molecular formula is C12H17N3O5. The number of aliphatic carboxylic acids is 1. The van der Waals surface area contributed by atoms with Crippen molar-refractivity contribution in [2.45, 2.75) is 13.8 Å². The second-order valence-corrected chi connectivity index (χ2v) is 4.25. The molecule has 110 valence electrons. The third-order valence-electron chi connectivity index (χ3n) is 2.86. The van der Waals surface area contributed by atoms with Crippen LogP contribution in [0.2, 0.25) is 0 Å². The standard InChI is InChI=1S/C12H17N3O5/c1-7-8(2)13-14-11(18)10(7)12(19)15(4-5-20-3)6-9(16)17/h4-6H2,1-3H3,(H,14,18)(H,16,17). The molecule has 8 nitrogen and oxygen atoms in total. The van der Waals surface area contributed by atoms with E-state index in [0.717, 1.165) is 4.90 Å². The van der Waals surface area contributed by atoms with Crippen molar-refractivity contribution in [2.75, 3.05) is 26.8 Å². The van der Waals surface area contributed by atoms with Crippen molar-refractivity contribution in [1.29, 1.82) is 0 Å². The highest BCUT2D eigenvalue weighted by Crippen LogP contribution is 2.08. The number of amides is 1. The van der Waals surface area contributed by atoms with Crippen LogP contribution in [0.5, 0.6) is 0 Å². The van der Waals surface area contributed by atoms with Gasteiger partial charge in [0.25, 0.3) is 11.5 Å². The number of hydrogen-bond donors (Lipinski definition) is 2. The first kappa shape index (κ1) is 15.8. The van der Waals surface area contributed by atoms with Crippen LogP contribution >= 0.6 is 0 Å². The maximum absolute atomic E-state index is 12.3. The summed E-state index contributed by atoms with van der Waals surface area (Å²) in [7, 11) is 1.44. The van der Waals surface area contributed by atoms with Gasteiger partial charge in [0, 0.05) is 13.7 Å². The van der Waals surface area contributed by atoms with Crippen molar-refractivity contribution in [3.05, 3.63) is 27.2 Å². The molecule has 1 aromatic heterocycles. The number of hydrogen-bond acceptors (Lipinski definition) is 5. The number of carboxylic acids is 1. The molecule has 2 N–H and O–H groups in total. The van der Waals surface area contributed by atoms with Gasteiger partial charge in [-0.1, -0.05) is 0 Å². The molecule has 1 aromatic rings. The zero-order valence-electron chi connectivity index (χ0n) is 11.6. The van der Waals surface area contributed by atoms with Gasteiger partial charge < -0.3 is 14.7 Å². The van der Waals surface area contributed by atoms with Crippen LogP contribution in [0.3, 0.4) is 0 Å². The lowest BCUT2D eigenvalue weighted by atomic mass is 10.1. The van der Waals surface area contributed by atoms with Gasteiger partial charge in [0.05, 0.1) is 12.3 Å². The maximum Gasteiger partial charge on any atom is 0.323 e. The van der Waals surface area contributed by atoms with E-state index in [1.165, 1.54) is 7.11 Å². The number of aromatic nitrogens is 2. The molecule has 0 aromatic carbocycles. The number of nitrogens with zero attached hydrogens (tertiary/aromatic N) is 2. The zero-order chi connectivity index (χ0) is 15.3. The van der Waals surface area contributed by atoms with E-state index in [-0.39, 0.29) is 18.7 Å². The average Bonchev–Trinajstić information content (AvgIpc) is 2.38. The third-order valence-corrected chi connectivity index (χ3v) is 2.86. The molecule has 1 heterocycles. The van der Waals surface area contributed by atoms with Crippen LogP contribution in [0.1, 0.15) is 21.6 Å². The van der Waals surface area contributed by atoms with Gasteiger partial charge in [0.2, 0.25) is 0 Å². The van der Waals surface area contributed by atoms with E-state index in [1.807, 2.05) is 0 Å². The SMILES string of the molecule is COCCN(CC(=O)O)C(=O)c1c(C)c(C)n[nH]c1=O. The van der Waals surface area contributed by atoms with Gasteiger partial charge in [-0.3, -0.25) is 14.4 Å². The third kappa shape index (κ3) is 3.64. The lowest BCUT2D eigenvalue weighted by Gasteiger charge is -2.20. The van der Waals surface area contributed by atoms with Crippen LogP contribution in [0.15, 0.2) is 4.79 Å². The number of nitrogens with one attached hydrogen (secondary N) is 1. The van der Waals surface area contributed by atoms with Gasteiger partial charge in [0.15, 0.2) is 0 Å². The summed E-state index contributed by atoms with van der Waals surface area (Å²) in [6, 6.07) is 0. The Labute approximate surface area is 115 Å². The van der Waals surface area contributed by atoms with Crippen LogP contribution in [0.4, 0.5) is 0 Å². The summed E-state index contributed by atoms with van der Waals surface area (Å²) in [6.07, 6.45) is 0. The summed E-state index contributed by atoms with van der Waals surface area (Å²) in [6.45, 7) is 3.02. The molecule has 0 spiro atoms. The Hall–Kier alpha value is -2.22. The molecule has 1 rings (SSSR count). The number of ether oxygens (including phenoxy) is 1. The predicted octanol–water partition coefficient (Wildman–Crippen LogP) is -0.440. The molecule has 0 aliphatic carbocycles. The maximum atomic E-state index is 12.3. The molecule has 0 saturated heterocycles. The van der Waals surface area contributed by atoms with Gasteiger partial charge in [-0.2, -0.15) is 5.10 Å². The fourth-order valence-corrected chi connectivity index (χ4v) is 1.66. The minimum Gasteiger partial charge on any atom is -0.480 e. The van der Waals surface area contributed by atoms with Crippen LogP contribution < -0.4 is 5.56 Å². The largest absolute Gasteiger partial charge is 0.480 e. The minimum atomic E-state index is -1.16. The van der Waals surface area contributed by atoms with Crippen molar-refractivity contribution < 1.29 is 19.4 Å². The molecule has 8 heteroatoms. The molecule has 0 radical (unpaired) electrons. The molecule has 0 bridgehead atoms. The molecule has 0 aliphatic heterocycles. The minimum absolute atomic E-state index is 0.0852. The van der Waals surface area contributed by atoms with E-state index in [2.05, 4.69) is 10.2 Å². The van der Waals surface area contributed by atoms with Crippen molar-refractivity contribution in [2.24, 2.45) is 0 Å². The van der Waals surface area contributed by atoms with Crippen LogP contribution in [0.25, 0.3) is 0 Å². The van der Waals surface area contributed by atoms with E-state index in [4.69, 9.17) is 9.84 Å². The second-order valence-electron chi connectivity index (χ2n) is 4.25. The van der Waals surface area contributed by atoms with Crippen molar-refractivity contribution >= 4 is 11.9 Å². The number of aryl methyl sites for hydroxylation is 1. The van der Waals surface area contributed by atoms with Gasteiger partial charge in [0.1, 0.15) is 12.1 Å². The fourth-order valence-electron chi connectivity index (χ4n) is 1.66. The molecule has 1 amide bonds. The molecule has 0 fully saturated rings. The highest BCUT2D eigenvalue weighted by atomic mass is 16.5. The molecule has 0 aliphatic rings. The number of carbonyl (C=O) groups is 2. The van der Waals surface area contributed by atoms with Crippen molar-refractivity contribution in [3.63, 3.8) is 0 Å². The molecule has 0 saturated carbocycles. The average molecular weight is 283 g/mol. The first-order chi connectivity index (χ1) is 9.38. The molecule has 20 heavy (non-hydrogen) atoms. The second kappa shape index (κ2) is 6.80. The van der Waals surface area contributed by atoms with Crippen LogP contribution in [-0.2, 0) is 9.53 Å². The Morgan fingerprint density at radius 2 is 2.05 bits per heavy atom. The summed E-state index contributed by atoms with van der Waals surface area (Å²) in [5.41, 5.74) is 0.224. The predicted molar refractivity (Wildman–Crippen MR) is 69.7 cm³/mol. The number of carbonyl (C=O) groups excluding carboxylic acids is 1. The summed E-state index contributed by atoms with van der Waals surface area (Å²) in [5.74, 6) is -1.80. The quantitative estimate of drug-likeness (QED) is 0.732. The van der Waals surface area contributed by atoms with E-state index in [1.54, 1.807) is 13.8 Å². The van der Waals surface area contributed by atoms with E-state index in [0.29, 0.717) is 11.3 Å². The first-order valence-corrected chi connectivity index (χ1v) is 5.94. The van der Waals surface area contributed by atoms with Crippen molar-refractivity contribution in [3.8, 4) is 0 Å². The Morgan fingerprint density at radius 1 is 1.40 bits per heavy atom. The number of methoxy groups -OCH3 is 1. The number of aromatic amines is 1. The van der Waals surface area contributed by atoms with E-state index >= 15 is 0 Å². The van der Waals surface area contributed by atoms with Crippen LogP contribution in [-0.4, -0.2) is 58.9 Å². The highest BCUT2D eigenvalue weighted by molar-refractivity contribution is 5.96. The zero-order valence-corrected chi connectivity index (χ0v) is 11.6. The van der Waals surface area contributed by atoms with E-state index < -0.39 is 24.0 Å². The van der Waals surface area contributed by atoms with Crippen molar-refractivity contribution in [1.82, 2.24) is 15.1 Å². The van der Waals surface area contributed by atoms with Gasteiger partial charge in [-0.15, -0.1) is 0 Å². The molecule has 0 unspecified atom stereocenters. The fraction of sp³-hybridized carbons (Fsp3) is 0.500. The number of rotatable bonds is 6. The summed E-state index contributed by atoms with van der Waals surface area (Å²) in [5, 5.41) is 14.8. The Kier molecular flexibility index (Phi) is 5.39. The highest BCUT2D eigenvalue weighted by Gasteiger charge is 2.23. The first-order valence-electron chi connectivity index (χ1n) is 5.94. The summed E-state index contributed by atoms with van der Waals surface area (Å²) in [4.78, 5) is 36.0. The lowest BCUT2D eigenvalue weighted by molar-refractivity contribution is -0.137. The van der Waals surface area contributed by atoms with Gasteiger partial charge in [-0.05, 0) is 19.4 Å². The Morgan fingerprint density at radius 3 is 2.60 bits per heavy atom. The smallest absolute Gasteiger partial charge is 0.323 e. The number of carboxylic acid groups (broad SMARTS) is 1. The van der Waals surface area contributed by atoms with Gasteiger partial charge >= 0.3 is 5.97 Å². The van der Waals surface area contributed by atoms with Crippen LogP contribution in [0, 0.1) is 13.8 Å². The Balaban J connectivity index is 3.14. The normalized spacial score (nSPS) is 10.3. The van der Waals surface area contributed by atoms with Gasteiger partial charge in [-0.25, -0.2) is 5.10 Å². The summed E-state index contributed by atoms with van der Waals surface area (Å²) < 4.78 is 4.84. The summed E-state index contributed by atoms with van der Waals surface area (Å²) >= 11 is 0. The Bertz CT molecular complexity index is 567. The molecule has 0 atom stereocenters. The topological polar surface area (TPSA) is 113 Å². The van der Waals surface area contributed by atoms with E-state index in [9.17, 15) is 14.4 Å². The lowest BCUT2D eigenvalue weighted by Crippen LogP contribution is -2.41. The number of H-pyrrole nitrogens is 1.